The molecule has 1 atom stereocenters. The van der Waals surface area contributed by atoms with Crippen LogP contribution in [0.1, 0.15) is 42.6 Å². The Morgan fingerprint density at radius 1 is 1.17 bits per heavy atom. The van der Waals surface area contributed by atoms with Crippen molar-refractivity contribution in [3.05, 3.63) is 41.2 Å². The van der Waals surface area contributed by atoms with Crippen LogP contribution in [-0.4, -0.2) is 64.8 Å². The van der Waals surface area contributed by atoms with Gasteiger partial charge in [-0.05, 0) is 25.3 Å². The summed E-state index contributed by atoms with van der Waals surface area (Å²) in [5, 5.41) is 0.865. The summed E-state index contributed by atoms with van der Waals surface area (Å²) in [4.78, 5) is 22.2. The minimum absolute atomic E-state index is 0.135. The summed E-state index contributed by atoms with van der Waals surface area (Å²) in [5.41, 5.74) is 2.45. The maximum atomic E-state index is 13.3. The zero-order chi connectivity index (χ0) is 20.6. The van der Waals surface area contributed by atoms with Crippen molar-refractivity contribution < 1.29 is 14.3 Å². The molecule has 4 heterocycles. The van der Waals surface area contributed by atoms with E-state index in [4.69, 9.17) is 14.5 Å². The summed E-state index contributed by atoms with van der Waals surface area (Å²) >= 11 is 1.41. The lowest BCUT2D eigenvalue weighted by Crippen LogP contribution is -2.52. The first-order chi connectivity index (χ1) is 14.6. The Hall–Kier alpha value is -2.03. The molecule has 7 nitrogen and oxygen atoms in total. The van der Waals surface area contributed by atoms with Crippen molar-refractivity contribution in [3.8, 4) is 0 Å². The summed E-state index contributed by atoms with van der Waals surface area (Å²) < 4.78 is 16.2. The molecule has 1 amide bonds. The molecule has 2 aromatic rings. The first-order valence-corrected chi connectivity index (χ1v) is 11.6. The summed E-state index contributed by atoms with van der Waals surface area (Å²) in [7, 11) is 0. The second kappa shape index (κ2) is 8.24. The zero-order valence-corrected chi connectivity index (χ0v) is 18.2. The molecule has 0 N–H and O–H groups in total. The van der Waals surface area contributed by atoms with Crippen LogP contribution in [0.4, 0.5) is 5.13 Å². The minimum Gasteiger partial charge on any atom is -0.347 e. The quantitative estimate of drug-likeness (QED) is 0.746. The van der Waals surface area contributed by atoms with E-state index in [0.29, 0.717) is 26.3 Å². The predicted octanol–water partition coefficient (Wildman–Crippen LogP) is 2.77. The van der Waals surface area contributed by atoms with Gasteiger partial charge in [-0.3, -0.25) is 4.79 Å². The number of hydrogen-bond acceptors (Lipinski definition) is 7. The Balaban J connectivity index is 1.23. The molecule has 3 aliphatic heterocycles. The van der Waals surface area contributed by atoms with Gasteiger partial charge >= 0.3 is 0 Å². The van der Waals surface area contributed by atoms with Crippen LogP contribution < -0.4 is 4.90 Å². The van der Waals surface area contributed by atoms with Crippen LogP contribution in [0, 0.1) is 6.92 Å². The van der Waals surface area contributed by atoms with E-state index in [1.165, 1.54) is 22.7 Å². The third kappa shape index (κ3) is 3.96. The van der Waals surface area contributed by atoms with Crippen molar-refractivity contribution in [2.75, 3.05) is 37.7 Å². The van der Waals surface area contributed by atoms with Gasteiger partial charge in [0, 0.05) is 50.4 Å². The second-order valence-electron chi connectivity index (χ2n) is 8.44. The third-order valence-corrected chi connectivity index (χ3v) is 7.17. The fourth-order valence-corrected chi connectivity index (χ4v) is 5.40. The molecular formula is C22H28N4O3S. The number of aryl methyl sites for hydroxylation is 1. The molecule has 1 spiro atoms. The summed E-state index contributed by atoms with van der Waals surface area (Å²) in [5.74, 6) is 0.582. The molecule has 0 aliphatic carbocycles. The molecule has 3 fully saturated rings. The maximum absolute atomic E-state index is 13.3. The van der Waals surface area contributed by atoms with Gasteiger partial charge in [0.25, 0.3) is 0 Å². The topological polar surface area (TPSA) is 67.8 Å². The lowest BCUT2D eigenvalue weighted by atomic mass is 10.0. The van der Waals surface area contributed by atoms with Gasteiger partial charge in [0.2, 0.25) is 11.0 Å². The number of aromatic nitrogens is 2. The van der Waals surface area contributed by atoms with Crippen LogP contribution in [0.15, 0.2) is 24.3 Å². The van der Waals surface area contributed by atoms with Crippen molar-refractivity contribution in [1.29, 1.82) is 0 Å². The first kappa shape index (κ1) is 19.9. The Kier molecular flexibility index (Phi) is 5.47. The molecule has 5 rings (SSSR count). The van der Waals surface area contributed by atoms with Crippen LogP contribution in [0.5, 0.6) is 0 Å². The second-order valence-corrected chi connectivity index (χ2v) is 9.17. The number of carbonyl (C=O) groups excluding carboxylic acids is 1. The lowest BCUT2D eigenvalue weighted by molar-refractivity contribution is -0.187. The Bertz CT molecular complexity index is 884. The fourth-order valence-electron chi connectivity index (χ4n) is 4.64. The van der Waals surface area contributed by atoms with E-state index < -0.39 is 5.79 Å². The average Bonchev–Trinajstić information content (AvgIpc) is 3.51. The highest BCUT2D eigenvalue weighted by molar-refractivity contribution is 7.09. The first-order valence-electron chi connectivity index (χ1n) is 10.8. The SMILES string of the molecule is Cc1ccc(Cc2nsc(N3CCCC3C(=O)N3CCC4(CC3)OCCO4)n2)cc1. The Morgan fingerprint density at radius 3 is 2.63 bits per heavy atom. The molecule has 3 saturated heterocycles. The number of piperidine rings is 1. The molecular weight excluding hydrogens is 400 g/mol. The Labute approximate surface area is 181 Å². The number of benzene rings is 1. The van der Waals surface area contributed by atoms with Crippen molar-refractivity contribution in [3.63, 3.8) is 0 Å². The van der Waals surface area contributed by atoms with Crippen molar-refractivity contribution in [1.82, 2.24) is 14.3 Å². The van der Waals surface area contributed by atoms with Gasteiger partial charge in [0.15, 0.2) is 5.79 Å². The Morgan fingerprint density at radius 2 is 1.90 bits per heavy atom. The van der Waals surface area contributed by atoms with Crippen molar-refractivity contribution in [2.24, 2.45) is 0 Å². The lowest BCUT2D eigenvalue weighted by Gasteiger charge is -2.39. The summed E-state index contributed by atoms with van der Waals surface area (Å²) in [6.07, 6.45) is 4.11. The number of anilines is 1. The van der Waals surface area contributed by atoms with Gasteiger partial charge in [-0.15, -0.1) is 0 Å². The molecule has 1 unspecified atom stereocenters. The van der Waals surface area contributed by atoms with Gasteiger partial charge in [0.1, 0.15) is 11.9 Å². The predicted molar refractivity (Wildman–Crippen MR) is 115 cm³/mol. The van der Waals surface area contributed by atoms with Crippen molar-refractivity contribution >= 4 is 22.6 Å². The molecule has 3 aliphatic rings. The van der Waals surface area contributed by atoms with Gasteiger partial charge in [-0.25, -0.2) is 4.98 Å². The van der Waals surface area contributed by atoms with Gasteiger partial charge in [-0.2, -0.15) is 4.37 Å². The number of carbonyl (C=O) groups is 1. The minimum atomic E-state index is -0.448. The summed E-state index contributed by atoms with van der Waals surface area (Å²) in [6.45, 7) is 5.65. The van der Waals surface area contributed by atoms with Crippen LogP contribution >= 0.6 is 11.5 Å². The van der Waals surface area contributed by atoms with Gasteiger partial charge in [-0.1, -0.05) is 29.8 Å². The van der Waals surface area contributed by atoms with Crippen LogP contribution in [0.25, 0.3) is 0 Å². The van der Waals surface area contributed by atoms with Crippen LogP contribution in [-0.2, 0) is 20.7 Å². The van der Waals surface area contributed by atoms with Gasteiger partial charge < -0.3 is 19.3 Å². The number of rotatable bonds is 4. The molecule has 0 saturated carbocycles. The van der Waals surface area contributed by atoms with E-state index >= 15 is 0 Å². The molecule has 1 aromatic heterocycles. The van der Waals surface area contributed by atoms with E-state index in [1.807, 2.05) is 4.90 Å². The smallest absolute Gasteiger partial charge is 0.245 e. The fraction of sp³-hybridized carbons (Fsp3) is 0.591. The molecule has 0 radical (unpaired) electrons. The van der Waals surface area contributed by atoms with E-state index in [9.17, 15) is 4.79 Å². The molecule has 8 heteroatoms. The zero-order valence-electron chi connectivity index (χ0n) is 17.4. The van der Waals surface area contributed by atoms with Gasteiger partial charge in [0.05, 0.1) is 13.2 Å². The number of amides is 1. The standard InChI is InChI=1S/C22H28N4O3S/c1-16-4-6-17(7-5-16)15-19-23-21(30-24-19)26-10-2-3-18(26)20(27)25-11-8-22(9-12-25)28-13-14-29-22/h4-7,18H,2-3,8-15H2,1H3. The van der Waals surface area contributed by atoms with Crippen molar-refractivity contribution in [2.45, 2.75) is 50.9 Å². The van der Waals surface area contributed by atoms with E-state index in [-0.39, 0.29) is 11.9 Å². The van der Waals surface area contributed by atoms with Crippen LogP contribution in [0.3, 0.4) is 0 Å². The van der Waals surface area contributed by atoms with Crippen LogP contribution in [0.2, 0.25) is 0 Å². The highest BCUT2D eigenvalue weighted by Gasteiger charge is 2.43. The maximum Gasteiger partial charge on any atom is 0.245 e. The largest absolute Gasteiger partial charge is 0.347 e. The summed E-state index contributed by atoms with van der Waals surface area (Å²) in [6, 6.07) is 8.34. The number of ether oxygens (including phenoxy) is 2. The molecule has 30 heavy (non-hydrogen) atoms. The van der Waals surface area contributed by atoms with E-state index in [0.717, 1.165) is 49.6 Å². The number of nitrogens with zero attached hydrogens (tertiary/aromatic N) is 4. The average molecular weight is 429 g/mol. The van der Waals surface area contributed by atoms with E-state index in [1.54, 1.807) is 0 Å². The number of likely N-dealkylation sites (tertiary alicyclic amines) is 1. The monoisotopic (exact) mass is 428 g/mol. The number of hydrogen-bond donors (Lipinski definition) is 0. The molecule has 160 valence electrons. The van der Waals surface area contributed by atoms with E-state index in [2.05, 4.69) is 40.5 Å². The molecule has 1 aromatic carbocycles. The third-order valence-electron chi connectivity index (χ3n) is 6.37. The highest BCUT2D eigenvalue weighted by atomic mass is 32.1. The normalized spacial score (nSPS) is 23.4. The molecule has 0 bridgehead atoms. The highest BCUT2D eigenvalue weighted by Crippen LogP contribution is 2.33.